The average molecular weight is 511 g/mol. The van der Waals surface area contributed by atoms with Gasteiger partial charge in [-0.25, -0.2) is 9.69 Å². The van der Waals surface area contributed by atoms with Crippen molar-refractivity contribution in [2.45, 2.75) is 0 Å². The lowest BCUT2D eigenvalue weighted by molar-refractivity contribution is -0.122. The maximum atomic E-state index is 13.0. The third-order valence-corrected chi connectivity index (χ3v) is 5.54. The second-order valence-electron chi connectivity index (χ2n) is 8.19. The number of amides is 2. The van der Waals surface area contributed by atoms with Crippen molar-refractivity contribution in [1.29, 1.82) is 0 Å². The van der Waals surface area contributed by atoms with Crippen LogP contribution in [0.3, 0.4) is 0 Å². The lowest BCUT2D eigenvalue weighted by atomic mass is 10.2. The van der Waals surface area contributed by atoms with Gasteiger partial charge in [0.05, 0.1) is 31.2 Å². The molecule has 0 bridgehead atoms. The summed E-state index contributed by atoms with van der Waals surface area (Å²) in [6.07, 6.45) is -0.491. The van der Waals surface area contributed by atoms with Gasteiger partial charge in [0.25, 0.3) is 5.91 Å². The van der Waals surface area contributed by atoms with Crippen molar-refractivity contribution < 1.29 is 23.8 Å². The molecule has 38 heavy (non-hydrogen) atoms. The molecule has 0 N–H and O–H groups in total. The summed E-state index contributed by atoms with van der Waals surface area (Å²) in [5.74, 6) is -0.182. The van der Waals surface area contributed by atoms with Gasteiger partial charge in [-0.1, -0.05) is 72.8 Å². The van der Waals surface area contributed by atoms with Gasteiger partial charge in [0.15, 0.2) is 0 Å². The topological polar surface area (TPSA) is 68.3 Å². The Morgan fingerprint density at radius 3 is 1.29 bits per heavy atom. The van der Waals surface area contributed by atoms with Crippen molar-refractivity contribution in [1.82, 2.24) is 0 Å². The van der Waals surface area contributed by atoms with Gasteiger partial charge >= 0.3 is 6.09 Å². The molecule has 0 spiro atoms. The molecule has 4 aromatic carbocycles. The van der Waals surface area contributed by atoms with E-state index >= 15 is 0 Å². The van der Waals surface area contributed by atoms with Crippen LogP contribution in [0.4, 0.5) is 27.5 Å². The van der Waals surface area contributed by atoms with Crippen molar-refractivity contribution in [2.75, 3.05) is 42.8 Å². The van der Waals surface area contributed by atoms with Gasteiger partial charge in [-0.15, -0.1) is 0 Å². The molecular weight excluding hydrogens is 480 g/mol. The van der Waals surface area contributed by atoms with Gasteiger partial charge in [0.1, 0.15) is 13.2 Å². The van der Waals surface area contributed by atoms with Gasteiger partial charge < -0.3 is 14.2 Å². The molecule has 2 amide bonds. The third-order valence-electron chi connectivity index (χ3n) is 5.54. The molecule has 0 aliphatic rings. The molecule has 0 radical (unpaired) electrons. The molecule has 7 nitrogen and oxygen atoms in total. The second-order valence-corrected chi connectivity index (χ2v) is 8.19. The Morgan fingerprint density at radius 2 is 0.842 bits per heavy atom. The molecular formula is C31H30N2O5. The molecule has 0 atom stereocenters. The molecule has 7 heteroatoms. The van der Waals surface area contributed by atoms with Crippen molar-refractivity contribution in [3.05, 3.63) is 121 Å². The number of rotatable bonds is 12. The molecule has 0 heterocycles. The van der Waals surface area contributed by atoms with Crippen LogP contribution in [-0.2, 0) is 19.0 Å². The highest BCUT2D eigenvalue weighted by Crippen LogP contribution is 2.26. The molecule has 0 aliphatic carbocycles. The second kappa shape index (κ2) is 14.3. The molecule has 4 aromatic rings. The monoisotopic (exact) mass is 510 g/mol. The number of hydrogen-bond donors (Lipinski definition) is 0. The third kappa shape index (κ3) is 7.52. The van der Waals surface area contributed by atoms with Gasteiger partial charge in [-0.05, 0) is 48.5 Å². The minimum absolute atomic E-state index is 0.0870. The highest BCUT2D eigenvalue weighted by molar-refractivity contribution is 6.01. The maximum absolute atomic E-state index is 13.0. The molecule has 0 fully saturated rings. The van der Waals surface area contributed by atoms with Crippen LogP contribution < -0.4 is 9.80 Å². The van der Waals surface area contributed by atoms with E-state index in [2.05, 4.69) is 0 Å². The first-order chi connectivity index (χ1) is 18.7. The first-order valence-corrected chi connectivity index (χ1v) is 12.4. The Bertz CT molecular complexity index is 1070. The summed E-state index contributed by atoms with van der Waals surface area (Å²) in [4.78, 5) is 28.9. The number of hydrogen-bond acceptors (Lipinski definition) is 5. The fraction of sp³-hybridized carbons (Fsp3) is 0.161. The highest BCUT2D eigenvalue weighted by atomic mass is 16.6. The van der Waals surface area contributed by atoms with E-state index in [1.165, 1.54) is 4.90 Å². The summed E-state index contributed by atoms with van der Waals surface area (Å²) in [5, 5.41) is 0. The SMILES string of the molecule is O=C(COCCOCCOC(=O)N(c1ccccc1)c1ccccc1)N(c1ccccc1)c1ccccc1. The van der Waals surface area contributed by atoms with Gasteiger partial charge in [0.2, 0.25) is 0 Å². The van der Waals surface area contributed by atoms with Crippen molar-refractivity contribution in [3.63, 3.8) is 0 Å². The Labute approximate surface area is 222 Å². The van der Waals surface area contributed by atoms with E-state index < -0.39 is 6.09 Å². The first-order valence-electron chi connectivity index (χ1n) is 12.4. The predicted octanol–water partition coefficient (Wildman–Crippen LogP) is 6.36. The van der Waals surface area contributed by atoms with E-state index in [9.17, 15) is 9.59 Å². The lowest BCUT2D eigenvalue weighted by Crippen LogP contribution is -2.30. The lowest BCUT2D eigenvalue weighted by Gasteiger charge is -2.23. The molecule has 0 saturated carbocycles. The van der Waals surface area contributed by atoms with Crippen LogP contribution in [0.2, 0.25) is 0 Å². The highest BCUT2D eigenvalue weighted by Gasteiger charge is 2.19. The zero-order valence-electron chi connectivity index (χ0n) is 21.0. The van der Waals surface area contributed by atoms with Crippen molar-refractivity contribution >= 4 is 34.7 Å². The average Bonchev–Trinajstić information content (AvgIpc) is 2.97. The van der Waals surface area contributed by atoms with Gasteiger partial charge in [-0.2, -0.15) is 0 Å². The van der Waals surface area contributed by atoms with Crippen LogP contribution in [0.5, 0.6) is 0 Å². The summed E-state index contributed by atoms with van der Waals surface area (Å²) in [5.41, 5.74) is 2.96. The van der Waals surface area contributed by atoms with Crippen molar-refractivity contribution in [3.8, 4) is 0 Å². The number of ether oxygens (including phenoxy) is 3. The standard InChI is InChI=1S/C31H30N2O5/c34-30(32(26-13-5-1-6-14-26)27-15-7-2-8-16-27)25-37-22-21-36-23-24-38-31(35)33(28-17-9-3-10-18-28)29-19-11-4-12-20-29/h1-20H,21-25H2. The number of carbonyl (C=O) groups is 2. The van der Waals surface area contributed by atoms with Gasteiger partial charge in [-0.3, -0.25) is 9.69 Å². The zero-order valence-corrected chi connectivity index (χ0v) is 21.0. The first kappa shape index (κ1) is 26.6. The number of benzene rings is 4. The number of nitrogens with zero attached hydrogens (tertiary/aromatic N) is 2. The predicted molar refractivity (Wildman–Crippen MR) is 148 cm³/mol. The van der Waals surface area contributed by atoms with Crippen molar-refractivity contribution in [2.24, 2.45) is 0 Å². The van der Waals surface area contributed by atoms with E-state index in [1.807, 2.05) is 121 Å². The van der Waals surface area contributed by atoms with E-state index in [0.29, 0.717) is 11.4 Å². The summed E-state index contributed by atoms with van der Waals surface area (Å²) in [6.45, 7) is 0.704. The van der Waals surface area contributed by atoms with E-state index in [1.54, 1.807) is 4.90 Å². The van der Waals surface area contributed by atoms with Crippen LogP contribution in [0.1, 0.15) is 0 Å². The quantitative estimate of drug-likeness (QED) is 0.208. The van der Waals surface area contributed by atoms with Crippen LogP contribution in [-0.4, -0.2) is 45.0 Å². The Morgan fingerprint density at radius 1 is 0.474 bits per heavy atom. The minimum atomic E-state index is -0.491. The van der Waals surface area contributed by atoms with E-state index in [0.717, 1.165) is 11.4 Å². The largest absolute Gasteiger partial charge is 0.446 e. The Balaban J connectivity index is 1.19. The maximum Gasteiger partial charge on any atom is 0.419 e. The smallest absolute Gasteiger partial charge is 0.419 e. The molecule has 0 unspecified atom stereocenters. The zero-order chi connectivity index (χ0) is 26.4. The molecule has 194 valence electrons. The van der Waals surface area contributed by atoms with E-state index in [4.69, 9.17) is 14.2 Å². The summed E-state index contributed by atoms with van der Waals surface area (Å²) in [6, 6.07) is 37.5. The number of anilines is 4. The number of carbonyl (C=O) groups excluding carboxylic acids is 2. The molecule has 0 aromatic heterocycles. The molecule has 4 rings (SSSR count). The Hall–Kier alpha value is -4.46. The van der Waals surface area contributed by atoms with Gasteiger partial charge in [0, 0.05) is 11.4 Å². The fourth-order valence-electron chi connectivity index (χ4n) is 3.80. The summed E-state index contributed by atoms with van der Waals surface area (Å²) in [7, 11) is 0. The minimum Gasteiger partial charge on any atom is -0.446 e. The molecule has 0 saturated heterocycles. The Kier molecular flexibility index (Phi) is 10.0. The normalized spacial score (nSPS) is 10.5. The van der Waals surface area contributed by atoms with Crippen LogP contribution in [0, 0.1) is 0 Å². The van der Waals surface area contributed by atoms with Crippen LogP contribution in [0.15, 0.2) is 121 Å². The fourth-order valence-corrected chi connectivity index (χ4v) is 3.80. The summed E-state index contributed by atoms with van der Waals surface area (Å²) >= 11 is 0. The summed E-state index contributed by atoms with van der Waals surface area (Å²) < 4.78 is 16.6. The van der Waals surface area contributed by atoms with E-state index in [-0.39, 0.29) is 38.9 Å². The van der Waals surface area contributed by atoms with Crippen LogP contribution in [0.25, 0.3) is 0 Å². The number of para-hydroxylation sites is 4. The molecule has 0 aliphatic heterocycles. The van der Waals surface area contributed by atoms with Crippen LogP contribution >= 0.6 is 0 Å².